The van der Waals surface area contributed by atoms with Crippen LogP contribution in [0.3, 0.4) is 0 Å². The molecule has 1 aliphatic rings. The molecule has 1 atom stereocenters. The van der Waals surface area contributed by atoms with Crippen LogP contribution in [0, 0.1) is 12.8 Å². The molecule has 1 N–H and O–H groups in total. The molecule has 8 heteroatoms. The van der Waals surface area contributed by atoms with Crippen molar-refractivity contribution in [2.24, 2.45) is 5.92 Å². The first-order chi connectivity index (χ1) is 15.4. The first-order valence-electron chi connectivity index (χ1n) is 10.4. The predicted molar refractivity (Wildman–Crippen MR) is 128 cm³/mol. The summed E-state index contributed by atoms with van der Waals surface area (Å²) in [5.41, 5.74) is 2.39. The Bertz CT molecular complexity index is 1110. The highest BCUT2D eigenvalue weighted by Crippen LogP contribution is 2.32. The second-order valence-electron chi connectivity index (χ2n) is 7.74. The van der Waals surface area contributed by atoms with Gasteiger partial charge in [0.05, 0.1) is 18.7 Å². The molecule has 1 fully saturated rings. The van der Waals surface area contributed by atoms with E-state index in [2.05, 4.69) is 10.3 Å². The van der Waals surface area contributed by atoms with Gasteiger partial charge in [-0.15, -0.1) is 11.3 Å². The molecule has 2 aromatic carbocycles. The molecule has 0 unspecified atom stereocenters. The van der Waals surface area contributed by atoms with E-state index in [9.17, 15) is 9.59 Å². The van der Waals surface area contributed by atoms with Crippen molar-refractivity contribution < 1.29 is 14.3 Å². The van der Waals surface area contributed by atoms with Crippen molar-refractivity contribution in [1.82, 2.24) is 9.88 Å². The Morgan fingerprint density at radius 3 is 2.56 bits per heavy atom. The number of anilines is 1. The zero-order chi connectivity index (χ0) is 22.7. The number of hydrogen-bond acceptors (Lipinski definition) is 5. The van der Waals surface area contributed by atoms with Crippen LogP contribution in [0.25, 0.3) is 11.3 Å². The van der Waals surface area contributed by atoms with E-state index in [1.807, 2.05) is 31.2 Å². The van der Waals surface area contributed by atoms with Crippen LogP contribution in [0.1, 0.15) is 28.1 Å². The lowest BCUT2D eigenvalue weighted by Crippen LogP contribution is -2.43. The van der Waals surface area contributed by atoms with E-state index in [1.54, 1.807) is 36.3 Å². The maximum absolute atomic E-state index is 12.9. The molecule has 0 spiro atoms. The highest BCUT2D eigenvalue weighted by Gasteiger charge is 2.29. The Labute approximate surface area is 196 Å². The number of ether oxygens (including phenoxy) is 1. The molecule has 2 heterocycles. The number of methoxy groups -OCH3 is 1. The zero-order valence-corrected chi connectivity index (χ0v) is 19.5. The minimum atomic E-state index is -0.270. The fraction of sp³-hybridized carbons (Fsp3) is 0.292. The summed E-state index contributed by atoms with van der Waals surface area (Å²) in [5, 5.41) is 4.12. The van der Waals surface area contributed by atoms with Gasteiger partial charge < -0.3 is 15.0 Å². The van der Waals surface area contributed by atoms with Crippen LogP contribution in [-0.2, 0) is 4.79 Å². The highest BCUT2D eigenvalue weighted by molar-refractivity contribution is 7.16. The summed E-state index contributed by atoms with van der Waals surface area (Å²) >= 11 is 7.37. The third-order valence-corrected chi connectivity index (χ3v) is 6.70. The molecule has 6 nitrogen and oxygen atoms in total. The van der Waals surface area contributed by atoms with Gasteiger partial charge in [0.15, 0.2) is 5.13 Å². The smallest absolute Gasteiger partial charge is 0.253 e. The average Bonchev–Trinajstić information content (AvgIpc) is 3.19. The first kappa shape index (κ1) is 22.3. The molecule has 0 saturated carbocycles. The Morgan fingerprint density at radius 1 is 1.16 bits per heavy atom. The molecule has 166 valence electrons. The third-order valence-electron chi connectivity index (χ3n) is 5.56. The summed E-state index contributed by atoms with van der Waals surface area (Å²) in [6, 6.07) is 14.5. The van der Waals surface area contributed by atoms with Gasteiger partial charge in [0, 0.05) is 34.1 Å². The number of amides is 2. The van der Waals surface area contributed by atoms with E-state index < -0.39 is 0 Å². The van der Waals surface area contributed by atoms with Crippen LogP contribution in [0.15, 0.2) is 48.5 Å². The summed E-state index contributed by atoms with van der Waals surface area (Å²) in [7, 11) is 1.63. The number of benzene rings is 2. The van der Waals surface area contributed by atoms with Gasteiger partial charge in [0.25, 0.3) is 5.91 Å². The van der Waals surface area contributed by atoms with Gasteiger partial charge in [0.1, 0.15) is 5.75 Å². The topological polar surface area (TPSA) is 71.5 Å². The van der Waals surface area contributed by atoms with Crippen molar-refractivity contribution >= 4 is 39.9 Å². The lowest BCUT2D eigenvalue weighted by Gasteiger charge is -2.32. The Hall–Kier alpha value is -2.90. The number of aryl methyl sites for hydroxylation is 1. The van der Waals surface area contributed by atoms with Gasteiger partial charge in [-0.25, -0.2) is 4.98 Å². The van der Waals surface area contributed by atoms with Crippen LogP contribution < -0.4 is 10.1 Å². The van der Waals surface area contributed by atoms with E-state index in [4.69, 9.17) is 16.3 Å². The Kier molecular flexibility index (Phi) is 6.77. The summed E-state index contributed by atoms with van der Waals surface area (Å²) < 4.78 is 5.21. The van der Waals surface area contributed by atoms with Gasteiger partial charge in [-0.2, -0.15) is 0 Å². The molecule has 32 heavy (non-hydrogen) atoms. The lowest BCUT2D eigenvalue weighted by atomic mass is 9.96. The van der Waals surface area contributed by atoms with Gasteiger partial charge in [-0.3, -0.25) is 9.59 Å². The van der Waals surface area contributed by atoms with Crippen LogP contribution in [0.4, 0.5) is 5.13 Å². The second-order valence-corrected chi connectivity index (χ2v) is 9.38. The number of carbonyl (C=O) groups excluding carboxylic acids is 2. The van der Waals surface area contributed by atoms with Gasteiger partial charge >= 0.3 is 0 Å². The fourth-order valence-electron chi connectivity index (χ4n) is 3.82. The van der Waals surface area contributed by atoms with E-state index in [0.717, 1.165) is 34.7 Å². The van der Waals surface area contributed by atoms with Crippen LogP contribution >= 0.6 is 22.9 Å². The minimum Gasteiger partial charge on any atom is -0.497 e. The van der Waals surface area contributed by atoms with Crippen molar-refractivity contribution in [3.05, 3.63) is 64.0 Å². The number of hydrogen-bond donors (Lipinski definition) is 1. The Morgan fingerprint density at radius 2 is 1.88 bits per heavy atom. The molecule has 1 saturated heterocycles. The number of aromatic nitrogens is 1. The van der Waals surface area contributed by atoms with Crippen LogP contribution in [0.5, 0.6) is 5.75 Å². The number of piperidine rings is 1. The van der Waals surface area contributed by atoms with E-state index in [-0.39, 0.29) is 17.7 Å². The van der Waals surface area contributed by atoms with Crippen LogP contribution in [0.2, 0.25) is 5.02 Å². The third kappa shape index (κ3) is 4.95. The quantitative estimate of drug-likeness (QED) is 0.552. The fourth-order valence-corrected chi connectivity index (χ4v) is 4.79. The molecule has 3 aromatic rings. The molecule has 0 bridgehead atoms. The summed E-state index contributed by atoms with van der Waals surface area (Å²) in [5.74, 6) is 0.332. The molecule has 4 rings (SSSR count). The number of nitrogens with one attached hydrogen (secondary N) is 1. The molecule has 1 aliphatic heterocycles. The highest BCUT2D eigenvalue weighted by atomic mass is 35.5. The number of halogens is 1. The van der Waals surface area contributed by atoms with Crippen molar-refractivity contribution in [2.75, 3.05) is 25.5 Å². The number of nitrogens with zero attached hydrogens (tertiary/aromatic N) is 2. The molecule has 0 radical (unpaired) electrons. The number of thiazole rings is 1. The zero-order valence-electron chi connectivity index (χ0n) is 17.9. The Balaban J connectivity index is 1.42. The van der Waals surface area contributed by atoms with E-state index in [1.165, 1.54) is 11.3 Å². The van der Waals surface area contributed by atoms with Crippen molar-refractivity contribution in [3.63, 3.8) is 0 Å². The molecule has 1 aromatic heterocycles. The molecule has 0 aliphatic carbocycles. The summed E-state index contributed by atoms with van der Waals surface area (Å²) in [6.45, 7) is 3.02. The van der Waals surface area contributed by atoms with Crippen molar-refractivity contribution in [2.45, 2.75) is 19.8 Å². The van der Waals surface area contributed by atoms with E-state index >= 15 is 0 Å². The van der Waals surface area contributed by atoms with Crippen LogP contribution in [-0.4, -0.2) is 41.9 Å². The summed E-state index contributed by atoms with van der Waals surface area (Å²) in [6.07, 6.45) is 1.53. The maximum Gasteiger partial charge on any atom is 0.253 e. The van der Waals surface area contributed by atoms with E-state index in [0.29, 0.717) is 28.8 Å². The standard InChI is InChI=1S/C24H24ClN3O3S/c1-15-21(16-7-11-20(31-2)12-8-16)26-24(32-15)27-22(29)18-4-3-13-28(14-18)23(30)17-5-9-19(25)10-6-17/h5-12,18H,3-4,13-14H2,1-2H3,(H,26,27,29)/t18-/m1/s1. The lowest BCUT2D eigenvalue weighted by molar-refractivity contribution is -0.121. The van der Waals surface area contributed by atoms with Crippen molar-refractivity contribution in [1.29, 1.82) is 0 Å². The maximum atomic E-state index is 12.9. The molecule has 2 amide bonds. The predicted octanol–water partition coefficient (Wildman–Crippen LogP) is 5.27. The van der Waals surface area contributed by atoms with Crippen molar-refractivity contribution in [3.8, 4) is 17.0 Å². The molecular weight excluding hydrogens is 446 g/mol. The monoisotopic (exact) mass is 469 g/mol. The van der Waals surface area contributed by atoms with Gasteiger partial charge in [-0.05, 0) is 68.3 Å². The van der Waals surface area contributed by atoms with Gasteiger partial charge in [-0.1, -0.05) is 11.6 Å². The normalized spacial score (nSPS) is 16.0. The molecular formula is C24H24ClN3O3S. The second kappa shape index (κ2) is 9.71. The summed E-state index contributed by atoms with van der Waals surface area (Å²) in [4.78, 5) is 33.2. The largest absolute Gasteiger partial charge is 0.497 e. The number of likely N-dealkylation sites (tertiary alicyclic amines) is 1. The van der Waals surface area contributed by atoms with Gasteiger partial charge in [0.2, 0.25) is 5.91 Å². The first-order valence-corrected chi connectivity index (χ1v) is 11.6. The number of carbonyl (C=O) groups is 2. The number of rotatable bonds is 5. The minimum absolute atomic E-state index is 0.0777. The average molecular weight is 470 g/mol. The SMILES string of the molecule is COc1ccc(-c2nc(NC(=O)[C@@H]3CCCN(C(=O)c4ccc(Cl)cc4)C3)sc2C)cc1.